The Balaban J connectivity index is 1.65. The first-order chi connectivity index (χ1) is 10.6. The van der Waals surface area contributed by atoms with Crippen LogP contribution in [0.2, 0.25) is 0 Å². The third-order valence-electron chi connectivity index (χ3n) is 3.93. The van der Waals surface area contributed by atoms with Crippen molar-refractivity contribution in [2.24, 2.45) is 0 Å². The zero-order chi connectivity index (χ0) is 15.8. The Morgan fingerprint density at radius 3 is 2.73 bits per heavy atom. The molecule has 22 heavy (non-hydrogen) atoms. The van der Waals surface area contributed by atoms with E-state index in [1.165, 1.54) is 36.8 Å². The highest BCUT2D eigenvalue weighted by molar-refractivity contribution is 9.10. The van der Waals surface area contributed by atoms with Crippen molar-refractivity contribution in [2.75, 3.05) is 20.1 Å². The van der Waals surface area contributed by atoms with E-state index in [0.717, 1.165) is 24.0 Å². The smallest absolute Gasteiger partial charge is 0.234 e. The third kappa shape index (κ3) is 6.32. The van der Waals surface area contributed by atoms with Gasteiger partial charge in [-0.2, -0.15) is 0 Å². The van der Waals surface area contributed by atoms with E-state index in [9.17, 15) is 4.79 Å². The molecule has 0 spiro atoms. The van der Waals surface area contributed by atoms with Crippen LogP contribution in [0.5, 0.6) is 0 Å². The van der Waals surface area contributed by atoms with E-state index in [-0.39, 0.29) is 5.91 Å². The summed E-state index contributed by atoms with van der Waals surface area (Å²) in [5.41, 5.74) is 2.72. The second-order valence-electron chi connectivity index (χ2n) is 6.01. The van der Waals surface area contributed by atoms with Crippen molar-refractivity contribution in [3.8, 4) is 0 Å². The quantitative estimate of drug-likeness (QED) is 0.744. The topological polar surface area (TPSA) is 32.3 Å². The van der Waals surface area contributed by atoms with Crippen LogP contribution in [0.4, 0.5) is 0 Å². The second-order valence-corrected chi connectivity index (χ2v) is 6.92. The van der Waals surface area contributed by atoms with E-state index in [0.29, 0.717) is 6.54 Å². The largest absolute Gasteiger partial charge is 0.355 e. The van der Waals surface area contributed by atoms with Gasteiger partial charge in [0.05, 0.1) is 6.54 Å². The van der Waals surface area contributed by atoms with Gasteiger partial charge < -0.3 is 5.32 Å². The van der Waals surface area contributed by atoms with Crippen LogP contribution >= 0.6 is 15.9 Å². The van der Waals surface area contributed by atoms with Crippen LogP contribution < -0.4 is 5.32 Å². The molecule has 3 nitrogen and oxygen atoms in total. The van der Waals surface area contributed by atoms with Crippen molar-refractivity contribution < 1.29 is 4.79 Å². The molecule has 0 fully saturated rings. The number of benzene rings is 1. The molecule has 0 aliphatic heterocycles. The Hall–Kier alpha value is -1.13. The van der Waals surface area contributed by atoms with Gasteiger partial charge in [0.2, 0.25) is 5.91 Å². The number of nitrogens with zero attached hydrogens (tertiary/aromatic N) is 1. The molecule has 0 heterocycles. The fourth-order valence-electron chi connectivity index (χ4n) is 2.75. The summed E-state index contributed by atoms with van der Waals surface area (Å²) in [6.45, 7) is 1.98. The molecule has 0 saturated heterocycles. The van der Waals surface area contributed by atoms with Crippen molar-refractivity contribution >= 4 is 21.8 Å². The van der Waals surface area contributed by atoms with Gasteiger partial charge >= 0.3 is 0 Å². The van der Waals surface area contributed by atoms with Gasteiger partial charge in [-0.25, -0.2) is 0 Å². The fourth-order valence-corrected chi connectivity index (χ4v) is 3.02. The summed E-state index contributed by atoms with van der Waals surface area (Å²) in [7, 11) is 1.98. The maximum absolute atomic E-state index is 12.0. The van der Waals surface area contributed by atoms with E-state index in [1.807, 2.05) is 24.1 Å². The Bertz CT molecular complexity index is 510. The van der Waals surface area contributed by atoms with Crippen LogP contribution in [0.3, 0.4) is 0 Å². The SMILES string of the molecule is CN(CC(=O)NCCC1=CCCCC1)Cc1ccc(Br)cc1. The van der Waals surface area contributed by atoms with Gasteiger partial charge in [0, 0.05) is 17.6 Å². The van der Waals surface area contributed by atoms with Crippen LogP contribution in [0.1, 0.15) is 37.7 Å². The molecule has 1 aliphatic rings. The maximum Gasteiger partial charge on any atom is 0.234 e. The summed E-state index contributed by atoms with van der Waals surface area (Å²) >= 11 is 3.43. The molecule has 2 rings (SSSR count). The summed E-state index contributed by atoms with van der Waals surface area (Å²) in [4.78, 5) is 14.0. The average Bonchev–Trinajstić information content (AvgIpc) is 2.50. The summed E-state index contributed by atoms with van der Waals surface area (Å²) < 4.78 is 1.08. The minimum Gasteiger partial charge on any atom is -0.355 e. The number of amides is 1. The number of carbonyl (C=O) groups excluding carboxylic acids is 1. The second kappa shape index (κ2) is 9.11. The van der Waals surface area contributed by atoms with Crippen LogP contribution in [0, 0.1) is 0 Å². The average molecular weight is 365 g/mol. The van der Waals surface area contributed by atoms with Crippen molar-refractivity contribution in [1.82, 2.24) is 10.2 Å². The first-order valence-electron chi connectivity index (χ1n) is 8.01. The van der Waals surface area contributed by atoms with Gasteiger partial charge in [0.25, 0.3) is 0 Å². The lowest BCUT2D eigenvalue weighted by Gasteiger charge is -2.17. The minimum absolute atomic E-state index is 0.107. The van der Waals surface area contributed by atoms with Crippen LogP contribution in [-0.2, 0) is 11.3 Å². The molecule has 1 N–H and O–H groups in total. The van der Waals surface area contributed by atoms with Crippen molar-refractivity contribution in [3.05, 3.63) is 46.0 Å². The van der Waals surface area contributed by atoms with Gasteiger partial charge in [-0.15, -0.1) is 0 Å². The lowest BCUT2D eigenvalue weighted by atomic mass is 9.97. The minimum atomic E-state index is 0.107. The Kier molecular flexibility index (Phi) is 7.13. The van der Waals surface area contributed by atoms with Crippen molar-refractivity contribution in [3.63, 3.8) is 0 Å². The Morgan fingerprint density at radius 2 is 2.05 bits per heavy atom. The Labute approximate surface area is 141 Å². The molecule has 1 aromatic carbocycles. The highest BCUT2D eigenvalue weighted by atomic mass is 79.9. The molecule has 120 valence electrons. The molecule has 0 unspecified atom stereocenters. The number of likely N-dealkylation sites (N-methyl/N-ethyl adjacent to an activating group) is 1. The van der Waals surface area contributed by atoms with Crippen LogP contribution in [0.15, 0.2) is 40.4 Å². The van der Waals surface area contributed by atoms with Gasteiger partial charge in [0.1, 0.15) is 0 Å². The fraction of sp³-hybridized carbons (Fsp3) is 0.500. The monoisotopic (exact) mass is 364 g/mol. The highest BCUT2D eigenvalue weighted by Crippen LogP contribution is 2.19. The number of carbonyl (C=O) groups is 1. The molecule has 1 aliphatic carbocycles. The maximum atomic E-state index is 12.0. The van der Waals surface area contributed by atoms with Crippen LogP contribution in [0.25, 0.3) is 0 Å². The summed E-state index contributed by atoms with van der Waals surface area (Å²) in [5, 5.41) is 3.03. The number of hydrogen-bond acceptors (Lipinski definition) is 2. The van der Waals surface area contributed by atoms with E-state index in [2.05, 4.69) is 39.5 Å². The number of nitrogens with one attached hydrogen (secondary N) is 1. The predicted octanol–water partition coefficient (Wildman–Crippen LogP) is 3.89. The molecule has 0 radical (unpaired) electrons. The first kappa shape index (κ1) is 17.2. The normalized spacial score (nSPS) is 14.8. The number of halogens is 1. The van der Waals surface area contributed by atoms with Gasteiger partial charge in [-0.05, 0) is 56.8 Å². The van der Waals surface area contributed by atoms with Crippen molar-refractivity contribution in [2.45, 2.75) is 38.6 Å². The van der Waals surface area contributed by atoms with Gasteiger partial charge in [-0.1, -0.05) is 39.7 Å². The molecule has 0 atom stereocenters. The molecule has 1 amide bonds. The van der Waals surface area contributed by atoms with Crippen molar-refractivity contribution in [1.29, 1.82) is 0 Å². The van der Waals surface area contributed by atoms with E-state index in [4.69, 9.17) is 0 Å². The first-order valence-corrected chi connectivity index (χ1v) is 8.80. The predicted molar refractivity (Wildman–Crippen MR) is 94.7 cm³/mol. The number of hydrogen-bond donors (Lipinski definition) is 1. The standard InChI is InChI=1S/C18H25BrN2O/c1-21(13-16-7-9-17(19)10-8-16)14-18(22)20-12-11-15-5-3-2-4-6-15/h5,7-10H,2-4,6,11-14H2,1H3,(H,20,22). The number of rotatable bonds is 7. The Morgan fingerprint density at radius 1 is 1.27 bits per heavy atom. The lowest BCUT2D eigenvalue weighted by molar-refractivity contribution is -0.122. The molecule has 0 aromatic heterocycles. The van der Waals surface area contributed by atoms with E-state index >= 15 is 0 Å². The molecule has 1 aromatic rings. The summed E-state index contributed by atoms with van der Waals surface area (Å²) in [6.07, 6.45) is 8.38. The summed E-state index contributed by atoms with van der Waals surface area (Å²) in [6, 6.07) is 8.21. The zero-order valence-electron chi connectivity index (χ0n) is 13.3. The molecule has 0 bridgehead atoms. The van der Waals surface area contributed by atoms with Gasteiger partial charge in [-0.3, -0.25) is 9.69 Å². The van der Waals surface area contributed by atoms with E-state index in [1.54, 1.807) is 0 Å². The molecular formula is C18H25BrN2O. The summed E-state index contributed by atoms with van der Waals surface area (Å²) in [5.74, 6) is 0.107. The highest BCUT2D eigenvalue weighted by Gasteiger charge is 2.08. The van der Waals surface area contributed by atoms with Crippen LogP contribution in [-0.4, -0.2) is 30.9 Å². The number of allylic oxidation sites excluding steroid dienone is 1. The third-order valence-corrected chi connectivity index (χ3v) is 4.46. The molecule has 4 heteroatoms. The zero-order valence-corrected chi connectivity index (χ0v) is 14.9. The van der Waals surface area contributed by atoms with Gasteiger partial charge in [0.15, 0.2) is 0 Å². The molecule has 0 saturated carbocycles. The van der Waals surface area contributed by atoms with E-state index < -0.39 is 0 Å². The molecular weight excluding hydrogens is 340 g/mol. The lowest BCUT2D eigenvalue weighted by Crippen LogP contribution is -2.35.